The van der Waals surface area contributed by atoms with Gasteiger partial charge >= 0.3 is 13.8 Å². The van der Waals surface area contributed by atoms with E-state index in [1.54, 1.807) is 12.1 Å². The Morgan fingerprint density at radius 1 is 1.43 bits per heavy atom. The molecule has 0 amide bonds. The van der Waals surface area contributed by atoms with Crippen LogP contribution in [0, 0.1) is 0 Å². The van der Waals surface area contributed by atoms with E-state index in [1.807, 2.05) is 4.90 Å². The lowest BCUT2D eigenvalue weighted by Gasteiger charge is -2.24. The highest BCUT2D eigenvalue weighted by Gasteiger charge is 2.26. The molecule has 1 saturated heterocycles. The molecule has 0 saturated carbocycles. The molecule has 0 aromatic heterocycles. The zero-order valence-corrected chi connectivity index (χ0v) is 13.2. The Morgan fingerprint density at radius 2 is 2.09 bits per heavy atom. The van der Waals surface area contributed by atoms with Crippen LogP contribution in [-0.4, -0.2) is 48.2 Å². The molecule has 126 valence electrons. The molecule has 1 heterocycles. The Bertz CT molecular complexity index is 594. The van der Waals surface area contributed by atoms with Crippen LogP contribution in [0.2, 0.25) is 0 Å². The first-order valence-corrected chi connectivity index (χ1v) is 8.41. The third kappa shape index (κ3) is 6.42. The van der Waals surface area contributed by atoms with Gasteiger partial charge < -0.3 is 18.9 Å². The Kier molecular flexibility index (Phi) is 5.79. The lowest BCUT2D eigenvalue weighted by Crippen LogP contribution is -2.31. The molecule has 0 aliphatic carbocycles. The highest BCUT2D eigenvalue weighted by Crippen LogP contribution is 2.37. The number of phosphoric acid groups is 1. The van der Waals surface area contributed by atoms with Crippen molar-refractivity contribution < 1.29 is 33.1 Å². The summed E-state index contributed by atoms with van der Waals surface area (Å²) in [6.07, 6.45) is 1.24. The van der Waals surface area contributed by atoms with Crippen molar-refractivity contribution >= 4 is 19.5 Å². The topological polar surface area (TPSA) is 109 Å². The van der Waals surface area contributed by atoms with Crippen molar-refractivity contribution in [1.82, 2.24) is 0 Å². The van der Waals surface area contributed by atoms with Gasteiger partial charge in [0.25, 0.3) is 0 Å². The van der Waals surface area contributed by atoms with Crippen molar-refractivity contribution in [3.8, 4) is 5.75 Å². The molecule has 1 unspecified atom stereocenters. The van der Waals surface area contributed by atoms with Crippen LogP contribution in [-0.2, 0) is 18.8 Å². The Labute approximate surface area is 133 Å². The Balaban J connectivity index is 1.98. The molecule has 0 bridgehead atoms. The Hall–Kier alpha value is -1.86. The number of hydrogen-bond acceptors (Lipinski definition) is 6. The summed E-state index contributed by atoms with van der Waals surface area (Å²) < 4.78 is 25.5. The summed E-state index contributed by atoms with van der Waals surface area (Å²) in [6, 6.07) is 6.27. The maximum atomic E-state index is 11.1. The van der Waals surface area contributed by atoms with Crippen molar-refractivity contribution in [3.05, 3.63) is 36.9 Å². The quantitative estimate of drug-likeness (QED) is 0.297. The predicted molar refractivity (Wildman–Crippen MR) is 82.2 cm³/mol. The number of nitrogens with zero attached hydrogens (tertiary/aromatic N) is 1. The maximum Gasteiger partial charge on any atom is 0.524 e. The Morgan fingerprint density at radius 3 is 2.61 bits per heavy atom. The van der Waals surface area contributed by atoms with Crippen LogP contribution in [0.15, 0.2) is 36.9 Å². The number of epoxide rings is 1. The molecule has 1 atom stereocenters. The standard InChI is InChI=1S/C14H18NO7P/c1-2-14(16)20-8-7-15(9-13-10-21-13)11-3-5-12(6-4-11)22-23(17,18)19/h2-6,13H,1,7-10H2,(H2,17,18,19). The van der Waals surface area contributed by atoms with E-state index in [0.717, 1.165) is 11.8 Å². The second-order valence-electron chi connectivity index (χ2n) is 4.85. The van der Waals surface area contributed by atoms with Crippen LogP contribution >= 0.6 is 7.82 Å². The van der Waals surface area contributed by atoms with E-state index in [1.165, 1.54) is 12.1 Å². The van der Waals surface area contributed by atoms with Gasteiger partial charge in [0.2, 0.25) is 0 Å². The maximum absolute atomic E-state index is 11.1. The van der Waals surface area contributed by atoms with Crippen LogP contribution in [0.3, 0.4) is 0 Å². The van der Waals surface area contributed by atoms with Gasteiger partial charge in [0.05, 0.1) is 19.3 Å². The van der Waals surface area contributed by atoms with E-state index < -0.39 is 13.8 Å². The molecule has 1 aliphatic heterocycles. The molecule has 9 heteroatoms. The second-order valence-corrected chi connectivity index (χ2v) is 6.01. The number of benzene rings is 1. The second kappa shape index (κ2) is 7.61. The number of esters is 1. The van der Waals surface area contributed by atoms with E-state index in [2.05, 4.69) is 11.1 Å². The average molecular weight is 343 g/mol. The van der Waals surface area contributed by atoms with E-state index in [9.17, 15) is 9.36 Å². The number of hydrogen-bond donors (Lipinski definition) is 2. The first-order valence-electron chi connectivity index (χ1n) is 6.88. The normalized spacial score (nSPS) is 16.5. The smallest absolute Gasteiger partial charge is 0.461 e. The summed E-state index contributed by atoms with van der Waals surface area (Å²) in [7, 11) is -4.57. The summed E-state index contributed by atoms with van der Waals surface area (Å²) in [5.74, 6) is -0.416. The molecular weight excluding hydrogens is 325 g/mol. The van der Waals surface area contributed by atoms with E-state index >= 15 is 0 Å². The van der Waals surface area contributed by atoms with Crippen molar-refractivity contribution in [2.45, 2.75) is 6.10 Å². The molecular formula is C14H18NO7P. The SMILES string of the molecule is C=CC(=O)OCCN(CC1CO1)c1ccc(OP(=O)(O)O)cc1. The van der Waals surface area contributed by atoms with Gasteiger partial charge in [-0.15, -0.1) is 0 Å². The summed E-state index contributed by atoms with van der Waals surface area (Å²) in [4.78, 5) is 30.6. The number of phosphoric ester groups is 1. The minimum absolute atomic E-state index is 0.0720. The van der Waals surface area contributed by atoms with E-state index in [4.69, 9.17) is 19.3 Å². The third-order valence-corrected chi connectivity index (χ3v) is 3.47. The lowest BCUT2D eigenvalue weighted by molar-refractivity contribution is -0.137. The molecule has 8 nitrogen and oxygen atoms in total. The number of ether oxygens (including phenoxy) is 2. The van der Waals surface area contributed by atoms with E-state index in [-0.39, 0.29) is 18.5 Å². The molecule has 0 radical (unpaired) electrons. The molecule has 1 aromatic rings. The summed E-state index contributed by atoms with van der Waals surface area (Å²) >= 11 is 0. The summed E-state index contributed by atoms with van der Waals surface area (Å²) in [5, 5.41) is 0. The van der Waals surface area contributed by atoms with Gasteiger partial charge in [0.1, 0.15) is 12.4 Å². The van der Waals surface area contributed by atoms with Crippen LogP contribution in [0.5, 0.6) is 5.75 Å². The highest BCUT2D eigenvalue weighted by molar-refractivity contribution is 7.46. The molecule has 1 aliphatic rings. The van der Waals surface area contributed by atoms with Crippen LogP contribution in [0.4, 0.5) is 5.69 Å². The number of carbonyl (C=O) groups excluding carboxylic acids is 1. The summed E-state index contributed by atoms with van der Waals surface area (Å²) in [5.41, 5.74) is 0.799. The van der Waals surface area contributed by atoms with Gasteiger partial charge in [-0.05, 0) is 24.3 Å². The van der Waals surface area contributed by atoms with Gasteiger partial charge in [-0.2, -0.15) is 0 Å². The first kappa shape index (κ1) is 17.5. The number of carbonyl (C=O) groups is 1. The van der Waals surface area contributed by atoms with Gasteiger partial charge in [-0.1, -0.05) is 6.58 Å². The lowest BCUT2D eigenvalue weighted by atomic mass is 10.2. The first-order chi connectivity index (χ1) is 10.9. The van der Waals surface area contributed by atoms with Crippen molar-refractivity contribution in [2.24, 2.45) is 0 Å². The summed E-state index contributed by atoms with van der Waals surface area (Å²) in [6.45, 7) is 5.29. The van der Waals surface area contributed by atoms with Crippen LogP contribution < -0.4 is 9.42 Å². The molecule has 0 spiro atoms. The van der Waals surface area contributed by atoms with Gasteiger partial charge in [-0.3, -0.25) is 9.79 Å². The van der Waals surface area contributed by atoms with Crippen molar-refractivity contribution in [1.29, 1.82) is 0 Å². The van der Waals surface area contributed by atoms with Gasteiger partial charge in [-0.25, -0.2) is 9.36 Å². The number of rotatable bonds is 9. The average Bonchev–Trinajstić information content (AvgIpc) is 3.29. The zero-order valence-electron chi connectivity index (χ0n) is 12.3. The fourth-order valence-corrected chi connectivity index (χ4v) is 2.31. The monoisotopic (exact) mass is 343 g/mol. The van der Waals surface area contributed by atoms with Gasteiger partial charge in [0, 0.05) is 18.3 Å². The van der Waals surface area contributed by atoms with Crippen molar-refractivity contribution in [2.75, 3.05) is 31.2 Å². The minimum atomic E-state index is -4.57. The minimum Gasteiger partial charge on any atom is -0.461 e. The number of anilines is 1. The molecule has 2 N–H and O–H groups in total. The van der Waals surface area contributed by atoms with Crippen LogP contribution in [0.1, 0.15) is 0 Å². The zero-order chi connectivity index (χ0) is 16.9. The highest BCUT2D eigenvalue weighted by atomic mass is 31.2. The molecule has 2 rings (SSSR count). The fourth-order valence-electron chi connectivity index (χ4n) is 1.92. The molecule has 1 aromatic carbocycles. The van der Waals surface area contributed by atoms with E-state index in [0.29, 0.717) is 19.7 Å². The predicted octanol–water partition coefficient (Wildman–Crippen LogP) is 1.09. The fraction of sp³-hybridized carbons (Fsp3) is 0.357. The van der Waals surface area contributed by atoms with Crippen LogP contribution in [0.25, 0.3) is 0 Å². The van der Waals surface area contributed by atoms with Gasteiger partial charge in [0.15, 0.2) is 0 Å². The largest absolute Gasteiger partial charge is 0.524 e. The third-order valence-electron chi connectivity index (χ3n) is 3.02. The van der Waals surface area contributed by atoms with Crippen molar-refractivity contribution in [3.63, 3.8) is 0 Å². The molecule has 23 heavy (non-hydrogen) atoms. The molecule has 1 fully saturated rings.